The first kappa shape index (κ1) is 17.2. The summed E-state index contributed by atoms with van der Waals surface area (Å²) in [5.74, 6) is -0.262. The van der Waals surface area contributed by atoms with Gasteiger partial charge < -0.3 is 14.4 Å². The number of carbonyl (C=O) groups is 2. The van der Waals surface area contributed by atoms with Gasteiger partial charge in [-0.3, -0.25) is 24.6 Å². The zero-order valence-corrected chi connectivity index (χ0v) is 13.8. The maximum absolute atomic E-state index is 12.6. The van der Waals surface area contributed by atoms with E-state index in [1.165, 1.54) is 23.1 Å². The van der Waals surface area contributed by atoms with Crippen LogP contribution in [0.4, 0.5) is 11.4 Å². The van der Waals surface area contributed by atoms with Gasteiger partial charge in [0.15, 0.2) is 6.61 Å². The third-order valence-corrected chi connectivity index (χ3v) is 4.34. The van der Waals surface area contributed by atoms with Gasteiger partial charge in [0.1, 0.15) is 12.3 Å². The van der Waals surface area contributed by atoms with E-state index in [9.17, 15) is 19.7 Å². The Bertz CT molecular complexity index is 707. The number of fused-ring (bicyclic) bond motifs is 1. The van der Waals surface area contributed by atoms with E-state index in [1.54, 1.807) is 4.90 Å². The lowest BCUT2D eigenvalue weighted by atomic mass is 10.2. The monoisotopic (exact) mass is 349 g/mol. The number of hydrogen-bond donors (Lipinski definition) is 0. The maximum Gasteiger partial charge on any atom is 0.271 e. The third-order valence-electron chi connectivity index (χ3n) is 4.34. The minimum absolute atomic E-state index is 0.00790. The minimum Gasteiger partial charge on any atom is -0.482 e. The van der Waals surface area contributed by atoms with Gasteiger partial charge in [-0.1, -0.05) is 6.92 Å². The standard InChI is InChI=1S/C16H19N3O6/c1-2-12-8-17(5-6-24-12)15(20)9-18-13-7-11(19(22)23)3-4-14(13)25-10-16(18)21/h3-4,7,12H,2,5-6,8-10H2,1H3. The largest absolute Gasteiger partial charge is 0.482 e. The fourth-order valence-electron chi connectivity index (χ4n) is 2.91. The Labute approximate surface area is 144 Å². The zero-order valence-electron chi connectivity index (χ0n) is 13.8. The summed E-state index contributed by atoms with van der Waals surface area (Å²) in [7, 11) is 0. The van der Waals surface area contributed by atoms with Gasteiger partial charge in [0.05, 0.1) is 23.3 Å². The molecule has 9 nitrogen and oxygen atoms in total. The molecule has 2 aliphatic heterocycles. The van der Waals surface area contributed by atoms with E-state index in [0.717, 1.165) is 6.42 Å². The summed E-state index contributed by atoms with van der Waals surface area (Å²) in [5.41, 5.74) is 0.0889. The maximum atomic E-state index is 12.6. The van der Waals surface area contributed by atoms with Crippen LogP contribution in [0.2, 0.25) is 0 Å². The number of nitrogens with zero attached hydrogens (tertiary/aromatic N) is 3. The number of amides is 2. The van der Waals surface area contributed by atoms with Crippen LogP contribution in [-0.2, 0) is 14.3 Å². The summed E-state index contributed by atoms with van der Waals surface area (Å²) in [6.45, 7) is 3.03. The van der Waals surface area contributed by atoms with Gasteiger partial charge in [-0.05, 0) is 12.5 Å². The van der Waals surface area contributed by atoms with E-state index < -0.39 is 10.8 Å². The lowest BCUT2D eigenvalue weighted by molar-refractivity contribution is -0.384. The number of ether oxygens (including phenoxy) is 2. The fourth-order valence-corrected chi connectivity index (χ4v) is 2.91. The van der Waals surface area contributed by atoms with Crippen molar-refractivity contribution in [3.63, 3.8) is 0 Å². The average Bonchev–Trinajstić information content (AvgIpc) is 2.63. The normalized spacial score (nSPS) is 20.0. The lowest BCUT2D eigenvalue weighted by Gasteiger charge is -2.35. The molecule has 0 radical (unpaired) electrons. The van der Waals surface area contributed by atoms with Gasteiger partial charge >= 0.3 is 0 Å². The number of hydrogen-bond acceptors (Lipinski definition) is 6. The van der Waals surface area contributed by atoms with E-state index in [4.69, 9.17) is 9.47 Å². The van der Waals surface area contributed by atoms with Crippen molar-refractivity contribution in [3.05, 3.63) is 28.3 Å². The molecule has 0 bridgehead atoms. The topological polar surface area (TPSA) is 102 Å². The lowest BCUT2D eigenvalue weighted by Crippen LogP contribution is -2.51. The number of nitro benzene ring substituents is 1. The Morgan fingerprint density at radius 2 is 2.24 bits per heavy atom. The average molecular weight is 349 g/mol. The van der Waals surface area contributed by atoms with Crippen molar-refractivity contribution >= 4 is 23.2 Å². The number of non-ortho nitro benzene ring substituents is 1. The number of nitro groups is 1. The van der Waals surface area contributed by atoms with Crippen LogP contribution in [0.1, 0.15) is 13.3 Å². The van der Waals surface area contributed by atoms with Crippen LogP contribution in [0.15, 0.2) is 18.2 Å². The molecule has 0 spiro atoms. The number of morpholine rings is 1. The molecule has 1 aromatic rings. The number of benzene rings is 1. The van der Waals surface area contributed by atoms with Crippen LogP contribution in [-0.4, -0.2) is 60.6 Å². The van der Waals surface area contributed by atoms with Crippen LogP contribution in [0.25, 0.3) is 0 Å². The van der Waals surface area contributed by atoms with Crippen LogP contribution < -0.4 is 9.64 Å². The van der Waals surface area contributed by atoms with Gasteiger partial charge in [-0.15, -0.1) is 0 Å². The molecule has 0 aliphatic carbocycles. The molecule has 0 N–H and O–H groups in total. The van der Waals surface area contributed by atoms with Crippen LogP contribution in [0.5, 0.6) is 5.75 Å². The summed E-state index contributed by atoms with van der Waals surface area (Å²) in [4.78, 5) is 38.2. The molecule has 2 aliphatic rings. The Kier molecular flexibility index (Phi) is 4.84. The molecule has 9 heteroatoms. The van der Waals surface area contributed by atoms with Gasteiger partial charge in [-0.2, -0.15) is 0 Å². The molecule has 2 amide bonds. The second-order valence-corrected chi connectivity index (χ2v) is 5.92. The molecule has 3 rings (SSSR count). The van der Waals surface area contributed by atoms with Gasteiger partial charge in [0.25, 0.3) is 11.6 Å². The predicted octanol–water partition coefficient (Wildman–Crippen LogP) is 0.958. The van der Waals surface area contributed by atoms with E-state index in [0.29, 0.717) is 25.4 Å². The minimum atomic E-state index is -0.548. The van der Waals surface area contributed by atoms with E-state index in [2.05, 4.69) is 0 Å². The first-order chi connectivity index (χ1) is 12.0. The van der Waals surface area contributed by atoms with Gasteiger partial charge in [0, 0.05) is 25.2 Å². The summed E-state index contributed by atoms with van der Waals surface area (Å²) in [6.07, 6.45) is 0.793. The molecule has 2 heterocycles. The highest BCUT2D eigenvalue weighted by molar-refractivity contribution is 6.02. The van der Waals surface area contributed by atoms with Crippen LogP contribution >= 0.6 is 0 Å². The summed E-state index contributed by atoms with van der Waals surface area (Å²) < 4.78 is 10.9. The molecule has 1 saturated heterocycles. The number of carbonyl (C=O) groups excluding carboxylic acids is 2. The van der Waals surface area contributed by atoms with E-state index in [1.807, 2.05) is 6.92 Å². The highest BCUT2D eigenvalue weighted by Gasteiger charge is 2.31. The Morgan fingerprint density at radius 3 is 2.96 bits per heavy atom. The van der Waals surface area contributed by atoms with Crippen LogP contribution in [0, 0.1) is 10.1 Å². The van der Waals surface area contributed by atoms with Gasteiger partial charge in [-0.25, -0.2) is 0 Å². The third kappa shape index (κ3) is 3.55. The van der Waals surface area contributed by atoms with E-state index >= 15 is 0 Å². The zero-order chi connectivity index (χ0) is 18.0. The van der Waals surface area contributed by atoms with Crippen molar-refractivity contribution in [2.45, 2.75) is 19.4 Å². The molecule has 1 aromatic carbocycles. The molecule has 0 saturated carbocycles. The van der Waals surface area contributed by atoms with E-state index in [-0.39, 0.29) is 36.5 Å². The molecule has 134 valence electrons. The first-order valence-electron chi connectivity index (χ1n) is 8.10. The summed E-state index contributed by atoms with van der Waals surface area (Å²) in [6, 6.07) is 4.01. The quantitative estimate of drug-likeness (QED) is 0.592. The smallest absolute Gasteiger partial charge is 0.271 e. The second kappa shape index (κ2) is 7.06. The Morgan fingerprint density at radius 1 is 1.44 bits per heavy atom. The highest BCUT2D eigenvalue weighted by Crippen LogP contribution is 2.35. The number of rotatable bonds is 4. The molecule has 25 heavy (non-hydrogen) atoms. The molecule has 1 atom stereocenters. The Balaban J connectivity index is 1.80. The van der Waals surface area contributed by atoms with Crippen molar-refractivity contribution in [1.82, 2.24) is 4.90 Å². The van der Waals surface area contributed by atoms with Crippen LogP contribution in [0.3, 0.4) is 0 Å². The van der Waals surface area contributed by atoms with Crippen molar-refractivity contribution in [3.8, 4) is 5.75 Å². The SMILES string of the molecule is CCC1CN(C(=O)CN2C(=O)COc3ccc([N+](=O)[O-])cc32)CCO1. The highest BCUT2D eigenvalue weighted by atomic mass is 16.6. The fraction of sp³-hybridized carbons (Fsp3) is 0.500. The molecular weight excluding hydrogens is 330 g/mol. The number of anilines is 1. The molecule has 1 unspecified atom stereocenters. The summed E-state index contributed by atoms with van der Waals surface area (Å²) in [5, 5.41) is 11.0. The van der Waals surface area contributed by atoms with Crippen molar-refractivity contribution in [1.29, 1.82) is 0 Å². The summed E-state index contributed by atoms with van der Waals surface area (Å²) >= 11 is 0. The Hall–Kier alpha value is -2.68. The predicted molar refractivity (Wildman–Crippen MR) is 87.6 cm³/mol. The van der Waals surface area contributed by atoms with Crippen molar-refractivity contribution in [2.75, 3.05) is 37.7 Å². The molecular formula is C16H19N3O6. The first-order valence-corrected chi connectivity index (χ1v) is 8.10. The van der Waals surface area contributed by atoms with Crippen molar-refractivity contribution in [2.24, 2.45) is 0 Å². The van der Waals surface area contributed by atoms with Crippen molar-refractivity contribution < 1.29 is 24.0 Å². The van der Waals surface area contributed by atoms with Gasteiger partial charge in [0.2, 0.25) is 5.91 Å². The second-order valence-electron chi connectivity index (χ2n) is 5.92. The molecule has 0 aromatic heterocycles. The molecule has 1 fully saturated rings.